The molecule has 1 atom stereocenters. The minimum absolute atomic E-state index is 0.121. The molecule has 2 aromatic rings. The molecule has 3 rings (SSSR count). The molecule has 1 unspecified atom stereocenters. The first kappa shape index (κ1) is 18.2. The number of carbonyl (C=O) groups excluding carboxylic acids is 2. The maximum Gasteiger partial charge on any atom is 0.247 e. The van der Waals surface area contributed by atoms with Gasteiger partial charge in [-0.1, -0.05) is 79.9 Å². The Labute approximate surface area is 155 Å². The summed E-state index contributed by atoms with van der Waals surface area (Å²) in [5, 5.41) is 6.05. The summed E-state index contributed by atoms with van der Waals surface area (Å²) in [4.78, 5) is 25.4. The van der Waals surface area contributed by atoms with Crippen molar-refractivity contribution in [1.29, 1.82) is 0 Å². The molecular formula is C22H26N2O2. The second-order valence-electron chi connectivity index (χ2n) is 6.92. The Morgan fingerprint density at radius 2 is 1.50 bits per heavy atom. The summed E-state index contributed by atoms with van der Waals surface area (Å²) in [6.07, 6.45) is 5.85. The van der Waals surface area contributed by atoms with E-state index in [9.17, 15) is 9.59 Å². The highest BCUT2D eigenvalue weighted by atomic mass is 16.2. The molecule has 0 bridgehead atoms. The maximum absolute atomic E-state index is 12.9. The Kier molecular flexibility index (Phi) is 6.42. The van der Waals surface area contributed by atoms with Crippen molar-refractivity contribution in [3.63, 3.8) is 0 Å². The first-order valence-electron chi connectivity index (χ1n) is 9.41. The second kappa shape index (κ2) is 9.18. The van der Waals surface area contributed by atoms with Crippen LogP contribution >= 0.6 is 0 Å². The first-order valence-corrected chi connectivity index (χ1v) is 9.41. The Hall–Kier alpha value is -2.62. The van der Waals surface area contributed by atoms with Crippen LogP contribution in [-0.4, -0.2) is 17.9 Å². The van der Waals surface area contributed by atoms with Crippen molar-refractivity contribution in [2.45, 2.75) is 50.6 Å². The van der Waals surface area contributed by atoms with Gasteiger partial charge in [0.05, 0.1) is 6.42 Å². The van der Waals surface area contributed by atoms with Gasteiger partial charge in [0, 0.05) is 6.04 Å². The Morgan fingerprint density at radius 3 is 2.15 bits per heavy atom. The third-order valence-electron chi connectivity index (χ3n) is 4.86. The lowest BCUT2D eigenvalue weighted by atomic mass is 9.95. The van der Waals surface area contributed by atoms with Crippen molar-refractivity contribution >= 4 is 11.8 Å². The molecule has 0 spiro atoms. The summed E-state index contributed by atoms with van der Waals surface area (Å²) < 4.78 is 0. The molecule has 1 fully saturated rings. The SMILES string of the molecule is O=C(Cc1ccccc1)NC(C(=O)NC1CCCCC1)c1ccccc1. The molecule has 0 aromatic heterocycles. The van der Waals surface area contributed by atoms with Crippen molar-refractivity contribution in [3.8, 4) is 0 Å². The van der Waals surface area contributed by atoms with E-state index in [4.69, 9.17) is 0 Å². The molecule has 4 nitrogen and oxygen atoms in total. The highest BCUT2D eigenvalue weighted by Crippen LogP contribution is 2.19. The molecule has 0 aliphatic heterocycles. The molecule has 4 heteroatoms. The molecule has 0 radical (unpaired) electrons. The van der Waals surface area contributed by atoms with Crippen LogP contribution in [0.4, 0.5) is 0 Å². The lowest BCUT2D eigenvalue weighted by Gasteiger charge is -2.26. The molecule has 0 saturated heterocycles. The number of nitrogens with one attached hydrogen (secondary N) is 2. The van der Waals surface area contributed by atoms with Crippen molar-refractivity contribution in [3.05, 3.63) is 71.8 Å². The highest BCUT2D eigenvalue weighted by molar-refractivity contribution is 5.89. The van der Waals surface area contributed by atoms with Crippen LogP contribution < -0.4 is 10.6 Å². The first-order chi connectivity index (χ1) is 12.7. The van der Waals surface area contributed by atoms with Crippen molar-refractivity contribution in [2.75, 3.05) is 0 Å². The molecule has 1 aliphatic rings. The molecule has 2 aromatic carbocycles. The predicted octanol–water partition coefficient (Wildman–Crippen LogP) is 3.54. The summed E-state index contributed by atoms with van der Waals surface area (Å²) in [7, 11) is 0. The summed E-state index contributed by atoms with van der Waals surface area (Å²) in [5.41, 5.74) is 1.74. The zero-order valence-corrected chi connectivity index (χ0v) is 15.0. The Bertz CT molecular complexity index is 709. The molecule has 2 N–H and O–H groups in total. The van der Waals surface area contributed by atoms with Gasteiger partial charge in [0.15, 0.2) is 0 Å². The smallest absolute Gasteiger partial charge is 0.247 e. The number of benzene rings is 2. The van der Waals surface area contributed by atoms with Crippen LogP contribution in [0.25, 0.3) is 0 Å². The van der Waals surface area contributed by atoms with Gasteiger partial charge in [-0.3, -0.25) is 9.59 Å². The number of carbonyl (C=O) groups is 2. The number of hydrogen-bond acceptors (Lipinski definition) is 2. The number of hydrogen-bond donors (Lipinski definition) is 2. The third-order valence-corrected chi connectivity index (χ3v) is 4.86. The Morgan fingerprint density at radius 1 is 0.885 bits per heavy atom. The summed E-state index contributed by atoms with van der Waals surface area (Å²) in [6, 6.07) is 18.6. The lowest BCUT2D eigenvalue weighted by Crippen LogP contribution is -2.45. The maximum atomic E-state index is 12.9. The van der Waals surface area contributed by atoms with E-state index < -0.39 is 6.04 Å². The van der Waals surface area contributed by atoms with Crippen molar-refractivity contribution in [2.24, 2.45) is 0 Å². The topological polar surface area (TPSA) is 58.2 Å². The van der Waals surface area contributed by atoms with Gasteiger partial charge in [-0.15, -0.1) is 0 Å². The van der Waals surface area contributed by atoms with E-state index in [0.29, 0.717) is 0 Å². The van der Waals surface area contributed by atoms with E-state index in [1.165, 1.54) is 6.42 Å². The molecule has 26 heavy (non-hydrogen) atoms. The molecule has 2 amide bonds. The number of amides is 2. The second-order valence-corrected chi connectivity index (χ2v) is 6.92. The molecule has 1 saturated carbocycles. The van der Waals surface area contributed by atoms with Crippen LogP contribution in [0, 0.1) is 0 Å². The van der Waals surface area contributed by atoms with Gasteiger partial charge in [0.2, 0.25) is 11.8 Å². The van der Waals surface area contributed by atoms with Gasteiger partial charge >= 0.3 is 0 Å². The van der Waals surface area contributed by atoms with E-state index in [-0.39, 0.29) is 24.3 Å². The standard InChI is InChI=1S/C22H26N2O2/c25-20(16-17-10-4-1-5-11-17)24-21(18-12-6-2-7-13-18)22(26)23-19-14-8-3-9-15-19/h1-2,4-7,10-13,19,21H,3,8-9,14-16H2,(H,23,26)(H,24,25). The van der Waals surface area contributed by atoms with E-state index >= 15 is 0 Å². The van der Waals surface area contributed by atoms with Crippen LogP contribution in [0.5, 0.6) is 0 Å². The van der Waals surface area contributed by atoms with Crippen LogP contribution in [0.15, 0.2) is 60.7 Å². The van der Waals surface area contributed by atoms with E-state index in [0.717, 1.165) is 36.8 Å². The molecule has 136 valence electrons. The largest absolute Gasteiger partial charge is 0.351 e. The zero-order chi connectivity index (χ0) is 18.2. The minimum atomic E-state index is -0.658. The van der Waals surface area contributed by atoms with Crippen LogP contribution in [0.2, 0.25) is 0 Å². The quantitative estimate of drug-likeness (QED) is 0.837. The van der Waals surface area contributed by atoms with Gasteiger partial charge in [0.1, 0.15) is 6.04 Å². The van der Waals surface area contributed by atoms with Crippen LogP contribution in [-0.2, 0) is 16.0 Å². The minimum Gasteiger partial charge on any atom is -0.351 e. The molecule has 0 heterocycles. The van der Waals surface area contributed by atoms with Gasteiger partial charge in [-0.05, 0) is 24.0 Å². The highest BCUT2D eigenvalue weighted by Gasteiger charge is 2.25. The van der Waals surface area contributed by atoms with Gasteiger partial charge in [-0.2, -0.15) is 0 Å². The van der Waals surface area contributed by atoms with Crippen LogP contribution in [0.1, 0.15) is 49.3 Å². The predicted molar refractivity (Wildman–Crippen MR) is 102 cm³/mol. The van der Waals surface area contributed by atoms with Crippen LogP contribution in [0.3, 0.4) is 0 Å². The third kappa shape index (κ3) is 5.19. The van der Waals surface area contributed by atoms with Gasteiger partial charge < -0.3 is 10.6 Å². The number of rotatable bonds is 6. The monoisotopic (exact) mass is 350 g/mol. The van der Waals surface area contributed by atoms with Crippen molar-refractivity contribution < 1.29 is 9.59 Å². The molecule has 1 aliphatic carbocycles. The fourth-order valence-corrected chi connectivity index (χ4v) is 3.47. The average molecular weight is 350 g/mol. The summed E-state index contributed by atoms with van der Waals surface area (Å²) in [5.74, 6) is -0.270. The van der Waals surface area contributed by atoms with Crippen molar-refractivity contribution in [1.82, 2.24) is 10.6 Å². The summed E-state index contributed by atoms with van der Waals surface area (Å²) in [6.45, 7) is 0. The van der Waals surface area contributed by atoms with E-state index in [1.807, 2.05) is 60.7 Å². The fourth-order valence-electron chi connectivity index (χ4n) is 3.47. The normalized spacial score (nSPS) is 15.8. The zero-order valence-electron chi connectivity index (χ0n) is 15.0. The van der Waals surface area contributed by atoms with E-state index in [2.05, 4.69) is 10.6 Å². The van der Waals surface area contributed by atoms with Gasteiger partial charge in [-0.25, -0.2) is 0 Å². The molecular weight excluding hydrogens is 324 g/mol. The summed E-state index contributed by atoms with van der Waals surface area (Å²) >= 11 is 0. The van der Waals surface area contributed by atoms with Gasteiger partial charge in [0.25, 0.3) is 0 Å². The lowest BCUT2D eigenvalue weighted by molar-refractivity contribution is -0.129. The fraction of sp³-hybridized carbons (Fsp3) is 0.364. The van der Waals surface area contributed by atoms with E-state index in [1.54, 1.807) is 0 Å². The Balaban J connectivity index is 1.68. The average Bonchev–Trinajstić information content (AvgIpc) is 2.68.